The molecule has 0 radical (unpaired) electrons. The van der Waals surface area contributed by atoms with Crippen LogP contribution in [0.25, 0.3) is 0 Å². The third-order valence-corrected chi connectivity index (χ3v) is 2.21. The van der Waals surface area contributed by atoms with E-state index in [4.69, 9.17) is 0 Å². The van der Waals surface area contributed by atoms with Gasteiger partial charge in [0, 0.05) is 12.8 Å². The molecule has 86 valence electrons. The lowest BCUT2D eigenvalue weighted by Crippen LogP contribution is -2.11. The molecular weight excluding hydrogens is 204 g/mol. The van der Waals surface area contributed by atoms with Crippen LogP contribution in [0.2, 0.25) is 0 Å². The average Bonchev–Trinajstić information content (AvgIpc) is 2.30. The Morgan fingerprint density at radius 1 is 1.12 bits per heavy atom. The third-order valence-electron chi connectivity index (χ3n) is 2.21. The fourth-order valence-electron chi connectivity index (χ4n) is 1.33. The molecule has 0 fully saturated rings. The number of carbonyl (C=O) groups is 2. The number of rotatable bonds is 5. The van der Waals surface area contributed by atoms with Gasteiger partial charge in [0.1, 0.15) is 0 Å². The second-order valence-corrected chi connectivity index (χ2v) is 3.54. The van der Waals surface area contributed by atoms with Gasteiger partial charge in [-0.3, -0.25) is 9.59 Å². The molecular formula is C13H16O3. The van der Waals surface area contributed by atoms with Gasteiger partial charge < -0.3 is 4.74 Å². The monoisotopic (exact) mass is 220 g/mol. The van der Waals surface area contributed by atoms with Crippen molar-refractivity contribution < 1.29 is 14.3 Å². The molecule has 0 bridgehead atoms. The van der Waals surface area contributed by atoms with Gasteiger partial charge in [-0.05, 0) is 18.4 Å². The number of esters is 2. The Labute approximate surface area is 95.4 Å². The highest BCUT2D eigenvalue weighted by Crippen LogP contribution is 2.05. The van der Waals surface area contributed by atoms with Gasteiger partial charge in [0.05, 0.1) is 0 Å². The molecule has 16 heavy (non-hydrogen) atoms. The predicted molar refractivity (Wildman–Crippen MR) is 60.8 cm³/mol. The Morgan fingerprint density at radius 2 is 1.81 bits per heavy atom. The van der Waals surface area contributed by atoms with Crippen LogP contribution in [0.5, 0.6) is 0 Å². The van der Waals surface area contributed by atoms with Crippen LogP contribution in [0.1, 0.15) is 31.7 Å². The molecule has 0 unspecified atom stereocenters. The maximum absolute atomic E-state index is 11.2. The summed E-state index contributed by atoms with van der Waals surface area (Å²) in [7, 11) is 0. The first-order valence-electron chi connectivity index (χ1n) is 5.49. The molecule has 0 aromatic heterocycles. The molecule has 1 aromatic carbocycles. The molecule has 0 saturated carbocycles. The van der Waals surface area contributed by atoms with E-state index >= 15 is 0 Å². The van der Waals surface area contributed by atoms with Crippen LogP contribution in [0, 0.1) is 0 Å². The quantitative estimate of drug-likeness (QED) is 0.565. The molecule has 3 nitrogen and oxygen atoms in total. The lowest BCUT2D eigenvalue weighted by Gasteiger charge is -2.01. The van der Waals surface area contributed by atoms with E-state index < -0.39 is 11.9 Å². The number of benzene rings is 1. The molecule has 0 saturated heterocycles. The van der Waals surface area contributed by atoms with Crippen LogP contribution in [-0.2, 0) is 20.7 Å². The van der Waals surface area contributed by atoms with Crippen molar-refractivity contribution >= 4 is 11.9 Å². The van der Waals surface area contributed by atoms with Crippen molar-refractivity contribution in [2.45, 2.75) is 32.6 Å². The van der Waals surface area contributed by atoms with E-state index in [9.17, 15) is 9.59 Å². The molecule has 0 atom stereocenters. The molecule has 0 heterocycles. The smallest absolute Gasteiger partial charge is 0.313 e. The van der Waals surface area contributed by atoms with E-state index in [0.29, 0.717) is 12.8 Å². The topological polar surface area (TPSA) is 43.4 Å². The van der Waals surface area contributed by atoms with Gasteiger partial charge in [-0.25, -0.2) is 0 Å². The zero-order valence-electron chi connectivity index (χ0n) is 9.44. The lowest BCUT2D eigenvalue weighted by atomic mass is 10.1. The molecule has 0 N–H and O–H groups in total. The van der Waals surface area contributed by atoms with E-state index in [1.807, 2.05) is 30.3 Å². The highest BCUT2D eigenvalue weighted by molar-refractivity contribution is 5.85. The Kier molecular flexibility index (Phi) is 5.26. The summed E-state index contributed by atoms with van der Waals surface area (Å²) in [5.41, 5.74) is 1.19. The Bertz CT molecular complexity index is 343. The number of aryl methyl sites for hydroxylation is 1. The average molecular weight is 220 g/mol. The minimum Gasteiger partial charge on any atom is -0.393 e. The predicted octanol–water partition coefficient (Wildman–Crippen LogP) is 2.49. The Hall–Kier alpha value is -1.64. The molecule has 0 aliphatic rings. The summed E-state index contributed by atoms with van der Waals surface area (Å²) >= 11 is 0. The zero-order valence-corrected chi connectivity index (χ0v) is 9.44. The number of carbonyl (C=O) groups excluding carboxylic acids is 2. The van der Waals surface area contributed by atoms with Crippen molar-refractivity contribution in [2.24, 2.45) is 0 Å². The summed E-state index contributed by atoms with van der Waals surface area (Å²) in [6.07, 6.45) is 2.07. The van der Waals surface area contributed by atoms with Crippen LogP contribution >= 0.6 is 0 Å². The second kappa shape index (κ2) is 6.77. The van der Waals surface area contributed by atoms with E-state index in [0.717, 1.165) is 6.42 Å². The largest absolute Gasteiger partial charge is 0.393 e. The van der Waals surface area contributed by atoms with E-state index in [1.165, 1.54) is 5.56 Å². The van der Waals surface area contributed by atoms with Crippen LogP contribution in [0.3, 0.4) is 0 Å². The van der Waals surface area contributed by atoms with Gasteiger partial charge in [-0.1, -0.05) is 37.3 Å². The molecule has 3 heteroatoms. The molecule has 1 aromatic rings. The maximum Gasteiger partial charge on any atom is 0.313 e. The van der Waals surface area contributed by atoms with Crippen molar-refractivity contribution in [3.63, 3.8) is 0 Å². The van der Waals surface area contributed by atoms with Crippen molar-refractivity contribution in [2.75, 3.05) is 0 Å². The van der Waals surface area contributed by atoms with Crippen molar-refractivity contribution in [3.05, 3.63) is 35.9 Å². The first-order valence-corrected chi connectivity index (χ1v) is 5.49. The first-order chi connectivity index (χ1) is 7.72. The van der Waals surface area contributed by atoms with Gasteiger partial charge in [0.25, 0.3) is 0 Å². The summed E-state index contributed by atoms with van der Waals surface area (Å²) in [5.74, 6) is -0.882. The molecule has 0 aliphatic heterocycles. The third kappa shape index (κ3) is 4.73. The Morgan fingerprint density at radius 3 is 2.44 bits per heavy atom. The maximum atomic E-state index is 11.2. The highest BCUT2D eigenvalue weighted by atomic mass is 16.6. The fraction of sp³-hybridized carbons (Fsp3) is 0.385. The van der Waals surface area contributed by atoms with Crippen LogP contribution in [0.4, 0.5) is 0 Å². The standard InChI is InChI=1S/C13H16O3/c1-2-12(14)16-13(15)10-6-9-11-7-4-3-5-8-11/h3-5,7-8H,2,6,9-10H2,1H3. The second-order valence-electron chi connectivity index (χ2n) is 3.54. The van der Waals surface area contributed by atoms with E-state index in [-0.39, 0.29) is 6.42 Å². The van der Waals surface area contributed by atoms with Crippen LogP contribution in [-0.4, -0.2) is 11.9 Å². The normalized spacial score (nSPS) is 9.81. The van der Waals surface area contributed by atoms with Gasteiger partial charge >= 0.3 is 11.9 Å². The molecule has 0 amide bonds. The van der Waals surface area contributed by atoms with Crippen molar-refractivity contribution in [1.82, 2.24) is 0 Å². The zero-order chi connectivity index (χ0) is 11.8. The first kappa shape index (κ1) is 12.4. The molecule has 0 aliphatic carbocycles. The summed E-state index contributed by atoms with van der Waals surface area (Å²) in [6, 6.07) is 9.92. The summed E-state index contributed by atoms with van der Waals surface area (Å²) in [6.45, 7) is 1.67. The highest BCUT2D eigenvalue weighted by Gasteiger charge is 2.07. The van der Waals surface area contributed by atoms with Crippen molar-refractivity contribution in [3.8, 4) is 0 Å². The van der Waals surface area contributed by atoms with Crippen LogP contribution < -0.4 is 0 Å². The number of hydrogen-bond acceptors (Lipinski definition) is 3. The summed E-state index contributed by atoms with van der Waals surface area (Å²) < 4.78 is 4.56. The van der Waals surface area contributed by atoms with Gasteiger partial charge in [-0.2, -0.15) is 0 Å². The minimum absolute atomic E-state index is 0.241. The van der Waals surface area contributed by atoms with Gasteiger partial charge in [0.15, 0.2) is 0 Å². The summed E-state index contributed by atoms with van der Waals surface area (Å²) in [5, 5.41) is 0. The fourth-order valence-corrected chi connectivity index (χ4v) is 1.33. The van der Waals surface area contributed by atoms with Gasteiger partial charge in [0.2, 0.25) is 0 Å². The minimum atomic E-state index is -0.454. The molecule has 0 spiro atoms. The van der Waals surface area contributed by atoms with E-state index in [1.54, 1.807) is 6.92 Å². The van der Waals surface area contributed by atoms with Crippen molar-refractivity contribution in [1.29, 1.82) is 0 Å². The summed E-state index contributed by atoms with van der Waals surface area (Å²) in [4.78, 5) is 22.0. The van der Waals surface area contributed by atoms with Gasteiger partial charge in [-0.15, -0.1) is 0 Å². The molecule has 1 rings (SSSR count). The number of ether oxygens (including phenoxy) is 1. The van der Waals surface area contributed by atoms with E-state index in [2.05, 4.69) is 4.74 Å². The SMILES string of the molecule is CCC(=O)OC(=O)CCCc1ccccc1. The number of hydrogen-bond donors (Lipinski definition) is 0. The Balaban J connectivity index is 2.21. The van der Waals surface area contributed by atoms with Crippen LogP contribution in [0.15, 0.2) is 30.3 Å². The lowest BCUT2D eigenvalue weighted by molar-refractivity contribution is -0.159.